The van der Waals surface area contributed by atoms with Gasteiger partial charge in [0, 0.05) is 13.1 Å². The van der Waals surface area contributed by atoms with Gasteiger partial charge in [0.1, 0.15) is 18.5 Å². The summed E-state index contributed by atoms with van der Waals surface area (Å²) in [6.07, 6.45) is -0.860. The molecule has 2 heterocycles. The molecule has 3 atom stereocenters. The lowest BCUT2D eigenvalue weighted by Crippen LogP contribution is -2.45. The number of amides is 2. The lowest BCUT2D eigenvalue weighted by molar-refractivity contribution is -0.0411. The summed E-state index contributed by atoms with van der Waals surface area (Å²) in [5.74, 6) is -1.29. The van der Waals surface area contributed by atoms with Gasteiger partial charge in [0.15, 0.2) is 11.6 Å². The van der Waals surface area contributed by atoms with Gasteiger partial charge in [-0.25, -0.2) is 18.3 Å². The summed E-state index contributed by atoms with van der Waals surface area (Å²) < 4.78 is 41.8. The first-order chi connectivity index (χ1) is 19.0. The summed E-state index contributed by atoms with van der Waals surface area (Å²) in [4.78, 5) is 15.5. The van der Waals surface area contributed by atoms with Crippen molar-refractivity contribution in [3.05, 3.63) is 70.8 Å². The van der Waals surface area contributed by atoms with Crippen LogP contribution >= 0.6 is 0 Å². The van der Waals surface area contributed by atoms with Gasteiger partial charge in [-0.1, -0.05) is 32.0 Å². The fraction of sp³-hybridized carbons (Fsp3) is 0.448. The minimum atomic E-state index is -1.04. The fourth-order valence-corrected chi connectivity index (χ4v) is 5.48. The molecule has 2 aliphatic rings. The number of hydrogen-bond acceptors (Lipinski definition) is 6. The molecular formula is C29H35F2N5O4. The number of nitrogens with zero attached hydrogens (tertiary/aromatic N) is 3. The predicted molar refractivity (Wildman–Crippen MR) is 146 cm³/mol. The summed E-state index contributed by atoms with van der Waals surface area (Å²) >= 11 is 0. The molecular weight excluding hydrogens is 520 g/mol. The first-order valence-corrected chi connectivity index (χ1v) is 13.4. The summed E-state index contributed by atoms with van der Waals surface area (Å²) in [6, 6.07) is 9.90. The smallest absolute Gasteiger partial charge is 0.320 e. The molecule has 0 radical (unpaired) electrons. The number of halogens is 2. The first-order valence-electron chi connectivity index (χ1n) is 13.4. The fourth-order valence-electron chi connectivity index (χ4n) is 5.48. The molecule has 3 aromatic rings. The molecule has 11 heteroatoms. The summed E-state index contributed by atoms with van der Waals surface area (Å²) in [7, 11) is 2.03. The Hall–Kier alpha value is -3.54. The van der Waals surface area contributed by atoms with E-state index in [9.17, 15) is 18.7 Å². The van der Waals surface area contributed by atoms with E-state index in [1.807, 2.05) is 51.2 Å². The number of benzene rings is 2. The van der Waals surface area contributed by atoms with Crippen molar-refractivity contribution < 1.29 is 28.2 Å². The summed E-state index contributed by atoms with van der Waals surface area (Å²) in [6.45, 7) is 8.00. The average molecular weight is 556 g/mol. The van der Waals surface area contributed by atoms with Crippen LogP contribution in [0.2, 0.25) is 0 Å². The van der Waals surface area contributed by atoms with Gasteiger partial charge in [-0.05, 0) is 61.2 Å². The maximum Gasteiger partial charge on any atom is 0.320 e. The molecule has 1 saturated heterocycles. The van der Waals surface area contributed by atoms with Gasteiger partial charge in [-0.2, -0.15) is 0 Å². The summed E-state index contributed by atoms with van der Waals surface area (Å²) in [5, 5.41) is 21.1. The number of anilines is 1. The largest absolute Gasteiger partial charge is 0.474 e. The molecule has 0 bridgehead atoms. The first kappa shape index (κ1) is 28.0. The van der Waals surface area contributed by atoms with E-state index in [1.54, 1.807) is 11.6 Å². The van der Waals surface area contributed by atoms with E-state index in [2.05, 4.69) is 20.6 Å². The molecule has 40 heavy (non-hydrogen) atoms. The van der Waals surface area contributed by atoms with Crippen molar-refractivity contribution in [2.45, 2.75) is 50.9 Å². The van der Waals surface area contributed by atoms with E-state index in [-0.39, 0.29) is 12.5 Å². The van der Waals surface area contributed by atoms with Crippen LogP contribution in [0.25, 0.3) is 5.69 Å². The number of fused-ring (bicyclic) bond motifs is 1. The molecule has 1 aliphatic heterocycles. The molecule has 0 spiro atoms. The molecule has 3 unspecified atom stereocenters. The predicted octanol–water partition coefficient (Wildman–Crippen LogP) is 4.07. The second-order valence-corrected chi connectivity index (χ2v) is 11.2. The third-order valence-corrected chi connectivity index (χ3v) is 7.61. The number of morpholine rings is 1. The van der Waals surface area contributed by atoms with E-state index >= 15 is 0 Å². The maximum atomic E-state index is 14.2. The molecule has 0 saturated carbocycles. The van der Waals surface area contributed by atoms with E-state index in [1.165, 1.54) is 0 Å². The third-order valence-electron chi connectivity index (χ3n) is 7.61. The number of urea groups is 1. The van der Waals surface area contributed by atoms with Gasteiger partial charge in [0.2, 0.25) is 5.88 Å². The number of hydrogen-bond donors (Lipinski definition) is 3. The van der Waals surface area contributed by atoms with E-state index in [4.69, 9.17) is 9.47 Å². The minimum absolute atomic E-state index is 0.109. The highest BCUT2D eigenvalue weighted by atomic mass is 19.2. The van der Waals surface area contributed by atoms with Crippen molar-refractivity contribution in [2.24, 2.45) is 0 Å². The zero-order valence-electron chi connectivity index (χ0n) is 23.1. The molecule has 5 rings (SSSR count). The van der Waals surface area contributed by atoms with Crippen molar-refractivity contribution in [1.82, 2.24) is 20.0 Å². The number of aliphatic hydroxyl groups excluding tert-OH is 1. The highest BCUT2D eigenvalue weighted by Gasteiger charge is 2.40. The number of ether oxygens (including phenoxy) is 2. The number of carbonyl (C=O) groups is 1. The standard InChI is InChI=1S/C29H35F2N5O4/c1-17-26(33-28(38)32-25-20-12-22(30)23(31)13-21(20)29(2,3)14-24(25)37)36(18-8-6-5-7-9-18)34-27(17)40-16-19-15-35(4)10-11-39-19/h5-9,12-13,19,24-25,37H,10-11,14-16H2,1-4H3,(H2,32,33,38). The molecule has 1 aliphatic carbocycles. The minimum Gasteiger partial charge on any atom is -0.474 e. The zero-order valence-corrected chi connectivity index (χ0v) is 23.1. The van der Waals surface area contributed by atoms with Crippen LogP contribution in [0.3, 0.4) is 0 Å². The Labute approximate surface area is 232 Å². The highest BCUT2D eigenvalue weighted by molar-refractivity contribution is 5.90. The molecule has 2 aromatic carbocycles. The molecule has 1 fully saturated rings. The molecule has 214 valence electrons. The molecule has 2 amide bonds. The molecule has 3 N–H and O–H groups in total. The third kappa shape index (κ3) is 5.67. The number of para-hydroxylation sites is 1. The van der Waals surface area contributed by atoms with Crippen molar-refractivity contribution >= 4 is 11.8 Å². The van der Waals surface area contributed by atoms with Crippen LogP contribution in [0.15, 0.2) is 42.5 Å². The van der Waals surface area contributed by atoms with Crippen molar-refractivity contribution in [3.63, 3.8) is 0 Å². The van der Waals surface area contributed by atoms with Crippen LogP contribution in [0, 0.1) is 18.6 Å². The number of aromatic nitrogens is 2. The van der Waals surface area contributed by atoms with Crippen LogP contribution in [-0.4, -0.2) is 71.4 Å². The number of nitrogens with one attached hydrogen (secondary N) is 2. The lowest BCUT2D eigenvalue weighted by atomic mass is 9.69. The highest BCUT2D eigenvalue weighted by Crippen LogP contribution is 2.42. The second kappa shape index (κ2) is 11.1. The van der Waals surface area contributed by atoms with Crippen LogP contribution in [0.1, 0.15) is 43.0 Å². The van der Waals surface area contributed by atoms with Crippen LogP contribution in [0.5, 0.6) is 5.88 Å². The van der Waals surface area contributed by atoms with E-state index < -0.39 is 35.2 Å². The van der Waals surface area contributed by atoms with Gasteiger partial charge < -0.3 is 24.8 Å². The Morgan fingerprint density at radius 2 is 1.95 bits per heavy atom. The van der Waals surface area contributed by atoms with Crippen molar-refractivity contribution in [3.8, 4) is 11.6 Å². The second-order valence-electron chi connectivity index (χ2n) is 11.2. The van der Waals surface area contributed by atoms with Crippen molar-refractivity contribution in [1.29, 1.82) is 0 Å². The number of rotatable bonds is 6. The Bertz CT molecular complexity index is 1380. The zero-order chi connectivity index (χ0) is 28.6. The van der Waals surface area contributed by atoms with Crippen molar-refractivity contribution in [2.75, 3.05) is 38.7 Å². The lowest BCUT2D eigenvalue weighted by Gasteiger charge is -2.40. The quantitative estimate of drug-likeness (QED) is 0.424. The monoisotopic (exact) mass is 555 g/mol. The Morgan fingerprint density at radius 1 is 1.23 bits per heavy atom. The normalized spacial score (nSPS) is 22.4. The Morgan fingerprint density at radius 3 is 2.67 bits per heavy atom. The average Bonchev–Trinajstić information content (AvgIpc) is 3.21. The van der Waals surface area contributed by atoms with Gasteiger partial charge in [-0.15, -0.1) is 5.10 Å². The molecule has 1 aromatic heterocycles. The van der Waals surface area contributed by atoms with Gasteiger partial charge in [0.25, 0.3) is 0 Å². The van der Waals surface area contributed by atoms with Crippen LogP contribution in [0.4, 0.5) is 19.4 Å². The molecule has 9 nitrogen and oxygen atoms in total. The summed E-state index contributed by atoms with van der Waals surface area (Å²) in [5.41, 5.74) is 1.57. The van der Waals surface area contributed by atoms with E-state index in [0.29, 0.717) is 47.3 Å². The number of aliphatic hydroxyl groups is 1. The van der Waals surface area contributed by atoms with Gasteiger partial charge in [0.05, 0.1) is 30.0 Å². The topological polar surface area (TPSA) is 101 Å². The number of likely N-dealkylation sites (N-methyl/N-ethyl adjacent to an activating group) is 1. The number of carbonyl (C=O) groups excluding carboxylic acids is 1. The van der Waals surface area contributed by atoms with E-state index in [0.717, 1.165) is 25.2 Å². The van der Waals surface area contributed by atoms with Crippen LogP contribution < -0.4 is 15.4 Å². The maximum absolute atomic E-state index is 14.2. The SMILES string of the molecule is Cc1c(OCC2CN(C)CCO2)nn(-c2ccccc2)c1NC(=O)NC1c2cc(F)c(F)cc2C(C)(C)CC1O. The Kier molecular flexibility index (Phi) is 7.80. The Balaban J connectivity index is 1.40. The van der Waals surface area contributed by atoms with Gasteiger partial charge >= 0.3 is 6.03 Å². The van der Waals surface area contributed by atoms with Gasteiger partial charge in [-0.3, -0.25) is 5.32 Å². The van der Waals surface area contributed by atoms with Crippen LogP contribution in [-0.2, 0) is 10.2 Å².